The Labute approximate surface area is 117 Å². The number of benzene rings is 1. The van der Waals surface area contributed by atoms with Crippen LogP contribution in [0.3, 0.4) is 0 Å². The minimum absolute atomic E-state index is 0.189. The van der Waals surface area contributed by atoms with E-state index in [-0.39, 0.29) is 12.1 Å². The zero-order chi connectivity index (χ0) is 14.3. The van der Waals surface area contributed by atoms with Crippen LogP contribution in [0.4, 0.5) is 0 Å². The van der Waals surface area contributed by atoms with Crippen LogP contribution in [0.2, 0.25) is 0 Å². The first kappa shape index (κ1) is 16.0. The van der Waals surface area contributed by atoms with Gasteiger partial charge in [-0.3, -0.25) is 0 Å². The number of rotatable bonds is 8. The van der Waals surface area contributed by atoms with E-state index in [2.05, 4.69) is 25.2 Å². The van der Waals surface area contributed by atoms with Crippen molar-refractivity contribution in [3.8, 4) is 5.75 Å². The molecule has 3 nitrogen and oxygen atoms in total. The molecule has 0 aliphatic heterocycles. The fourth-order valence-electron chi connectivity index (χ4n) is 2.06. The van der Waals surface area contributed by atoms with Crippen molar-refractivity contribution < 1.29 is 9.47 Å². The van der Waals surface area contributed by atoms with Crippen LogP contribution in [-0.4, -0.2) is 25.4 Å². The maximum atomic E-state index is 5.86. The van der Waals surface area contributed by atoms with Crippen molar-refractivity contribution in [1.29, 1.82) is 0 Å². The summed E-state index contributed by atoms with van der Waals surface area (Å²) in [5.41, 5.74) is 1.19. The Morgan fingerprint density at radius 2 is 1.79 bits per heavy atom. The predicted molar refractivity (Wildman–Crippen MR) is 79.7 cm³/mol. The van der Waals surface area contributed by atoms with Gasteiger partial charge in [0.15, 0.2) is 0 Å². The zero-order valence-electron chi connectivity index (χ0n) is 12.8. The van der Waals surface area contributed by atoms with E-state index in [9.17, 15) is 0 Å². The van der Waals surface area contributed by atoms with Crippen LogP contribution in [0.15, 0.2) is 24.3 Å². The number of hydrogen-bond donors (Lipinski definition) is 1. The normalized spacial score (nSPS) is 14.4. The van der Waals surface area contributed by atoms with Crippen molar-refractivity contribution in [3.05, 3.63) is 29.8 Å². The summed E-state index contributed by atoms with van der Waals surface area (Å²) in [5, 5.41) is 3.54. The SMILES string of the molecule is CCOCC(C)NC(C)c1ccccc1OC(C)C. The summed E-state index contributed by atoms with van der Waals surface area (Å²) in [6.45, 7) is 11.9. The van der Waals surface area contributed by atoms with Crippen LogP contribution < -0.4 is 10.1 Å². The molecular weight excluding hydrogens is 238 g/mol. The molecule has 1 rings (SSSR count). The summed E-state index contributed by atoms with van der Waals surface area (Å²) in [6, 6.07) is 8.77. The minimum atomic E-state index is 0.189. The molecule has 0 fully saturated rings. The molecule has 108 valence electrons. The predicted octanol–water partition coefficient (Wildman–Crippen LogP) is 3.55. The van der Waals surface area contributed by atoms with Gasteiger partial charge in [-0.25, -0.2) is 0 Å². The average Bonchev–Trinajstić information content (AvgIpc) is 2.36. The van der Waals surface area contributed by atoms with Crippen LogP contribution in [0, 0.1) is 0 Å². The fraction of sp³-hybridized carbons (Fsp3) is 0.625. The molecule has 0 saturated heterocycles. The standard InChI is InChI=1S/C16H27NO2/c1-6-18-11-13(4)17-14(5)15-9-7-8-10-16(15)19-12(2)3/h7-10,12-14,17H,6,11H2,1-5H3. The molecule has 0 aromatic heterocycles. The second kappa shape index (κ2) is 8.18. The highest BCUT2D eigenvalue weighted by Crippen LogP contribution is 2.26. The lowest BCUT2D eigenvalue weighted by Crippen LogP contribution is -2.33. The third-order valence-corrected chi connectivity index (χ3v) is 2.85. The van der Waals surface area contributed by atoms with Gasteiger partial charge in [-0.2, -0.15) is 0 Å². The summed E-state index contributed by atoms with van der Waals surface area (Å²) in [6.07, 6.45) is 0.189. The quantitative estimate of drug-likeness (QED) is 0.779. The molecule has 2 unspecified atom stereocenters. The molecule has 1 N–H and O–H groups in total. The molecule has 0 spiro atoms. The second-order valence-corrected chi connectivity index (χ2v) is 5.15. The smallest absolute Gasteiger partial charge is 0.124 e. The molecule has 1 aromatic rings. The van der Waals surface area contributed by atoms with Gasteiger partial charge in [-0.1, -0.05) is 18.2 Å². The fourth-order valence-corrected chi connectivity index (χ4v) is 2.06. The minimum Gasteiger partial charge on any atom is -0.491 e. The summed E-state index contributed by atoms with van der Waals surface area (Å²) in [4.78, 5) is 0. The molecule has 3 heteroatoms. The largest absolute Gasteiger partial charge is 0.491 e. The molecule has 0 saturated carbocycles. The van der Waals surface area contributed by atoms with Gasteiger partial charge >= 0.3 is 0 Å². The van der Waals surface area contributed by atoms with E-state index in [0.29, 0.717) is 6.04 Å². The van der Waals surface area contributed by atoms with Gasteiger partial charge in [0, 0.05) is 24.3 Å². The molecule has 0 heterocycles. The van der Waals surface area contributed by atoms with E-state index in [1.54, 1.807) is 0 Å². The Morgan fingerprint density at radius 3 is 2.42 bits per heavy atom. The van der Waals surface area contributed by atoms with Gasteiger partial charge in [-0.15, -0.1) is 0 Å². The van der Waals surface area contributed by atoms with E-state index in [4.69, 9.17) is 9.47 Å². The van der Waals surface area contributed by atoms with Crippen molar-refractivity contribution in [2.45, 2.75) is 52.8 Å². The van der Waals surface area contributed by atoms with E-state index < -0.39 is 0 Å². The van der Waals surface area contributed by atoms with Crippen molar-refractivity contribution in [3.63, 3.8) is 0 Å². The number of para-hydroxylation sites is 1. The Balaban J connectivity index is 2.67. The van der Waals surface area contributed by atoms with Gasteiger partial charge in [-0.05, 0) is 40.7 Å². The second-order valence-electron chi connectivity index (χ2n) is 5.15. The topological polar surface area (TPSA) is 30.5 Å². The van der Waals surface area contributed by atoms with Gasteiger partial charge in [0.2, 0.25) is 0 Å². The molecule has 0 aliphatic carbocycles. The average molecular weight is 265 g/mol. The summed E-state index contributed by atoms with van der Waals surface area (Å²) < 4.78 is 11.3. The lowest BCUT2D eigenvalue weighted by atomic mass is 10.1. The lowest BCUT2D eigenvalue weighted by Gasteiger charge is -2.23. The van der Waals surface area contributed by atoms with Crippen molar-refractivity contribution >= 4 is 0 Å². The molecule has 0 radical (unpaired) electrons. The zero-order valence-corrected chi connectivity index (χ0v) is 12.8. The van der Waals surface area contributed by atoms with Gasteiger partial charge in [0.05, 0.1) is 12.7 Å². The molecule has 2 atom stereocenters. The number of nitrogens with one attached hydrogen (secondary N) is 1. The molecule has 0 amide bonds. The molecule has 0 aliphatic rings. The van der Waals surface area contributed by atoms with Gasteiger partial charge in [0.25, 0.3) is 0 Å². The summed E-state index contributed by atoms with van der Waals surface area (Å²) >= 11 is 0. The number of hydrogen-bond acceptors (Lipinski definition) is 3. The highest BCUT2D eigenvalue weighted by Gasteiger charge is 2.14. The van der Waals surface area contributed by atoms with E-state index >= 15 is 0 Å². The third-order valence-electron chi connectivity index (χ3n) is 2.85. The van der Waals surface area contributed by atoms with Crippen molar-refractivity contribution in [1.82, 2.24) is 5.32 Å². The van der Waals surface area contributed by atoms with Crippen LogP contribution in [0.25, 0.3) is 0 Å². The first-order valence-corrected chi connectivity index (χ1v) is 7.14. The monoisotopic (exact) mass is 265 g/mol. The Kier molecular flexibility index (Phi) is 6.89. The van der Waals surface area contributed by atoms with E-state index in [1.165, 1.54) is 5.56 Å². The summed E-state index contributed by atoms with van der Waals surface area (Å²) in [5.74, 6) is 0.959. The van der Waals surface area contributed by atoms with Crippen molar-refractivity contribution in [2.24, 2.45) is 0 Å². The lowest BCUT2D eigenvalue weighted by molar-refractivity contribution is 0.124. The van der Waals surface area contributed by atoms with Crippen LogP contribution in [-0.2, 0) is 4.74 Å². The molecule has 19 heavy (non-hydrogen) atoms. The van der Waals surface area contributed by atoms with Crippen LogP contribution in [0.5, 0.6) is 5.75 Å². The maximum absolute atomic E-state index is 5.86. The first-order chi connectivity index (χ1) is 9.04. The molecule has 0 bridgehead atoms. The van der Waals surface area contributed by atoms with Crippen LogP contribution in [0.1, 0.15) is 46.2 Å². The maximum Gasteiger partial charge on any atom is 0.124 e. The van der Waals surface area contributed by atoms with E-state index in [1.807, 2.05) is 39.0 Å². The Bertz CT molecular complexity index is 366. The highest BCUT2D eigenvalue weighted by atomic mass is 16.5. The Morgan fingerprint density at radius 1 is 1.11 bits per heavy atom. The third kappa shape index (κ3) is 5.62. The Hall–Kier alpha value is -1.06. The number of ether oxygens (including phenoxy) is 2. The van der Waals surface area contributed by atoms with Crippen LogP contribution >= 0.6 is 0 Å². The van der Waals surface area contributed by atoms with Crippen molar-refractivity contribution in [2.75, 3.05) is 13.2 Å². The van der Waals surface area contributed by atoms with E-state index in [0.717, 1.165) is 19.0 Å². The van der Waals surface area contributed by atoms with Gasteiger partial charge < -0.3 is 14.8 Å². The summed E-state index contributed by atoms with van der Waals surface area (Å²) in [7, 11) is 0. The first-order valence-electron chi connectivity index (χ1n) is 7.14. The molecular formula is C16H27NO2. The molecule has 1 aromatic carbocycles. The van der Waals surface area contributed by atoms with Gasteiger partial charge in [0.1, 0.15) is 5.75 Å². The highest BCUT2D eigenvalue weighted by molar-refractivity contribution is 5.35.